The van der Waals surface area contributed by atoms with Crippen LogP contribution >= 0.6 is 0 Å². The Morgan fingerprint density at radius 2 is 2.00 bits per heavy atom. The van der Waals surface area contributed by atoms with Crippen molar-refractivity contribution in [2.45, 2.75) is 32.9 Å². The van der Waals surface area contributed by atoms with Crippen LogP contribution in [0.2, 0.25) is 0 Å². The summed E-state index contributed by atoms with van der Waals surface area (Å²) in [7, 11) is 0. The molecule has 0 unspecified atom stereocenters. The number of hydrogen-bond acceptors (Lipinski definition) is 1. The van der Waals surface area contributed by atoms with E-state index in [1.165, 1.54) is 0 Å². The van der Waals surface area contributed by atoms with E-state index in [2.05, 4.69) is 4.98 Å². The SMILES string of the molecule is CC=C(CC)c1ccc2[nH]c(=O)cc(CC(F)(F)F)c2c1. The lowest BCUT2D eigenvalue weighted by Crippen LogP contribution is -2.15. The van der Waals surface area contributed by atoms with Gasteiger partial charge in [0.15, 0.2) is 0 Å². The normalized spacial score (nSPS) is 12.9. The van der Waals surface area contributed by atoms with Gasteiger partial charge < -0.3 is 4.98 Å². The molecular formula is C16H16F3NO. The molecular weight excluding hydrogens is 279 g/mol. The summed E-state index contributed by atoms with van der Waals surface area (Å²) in [5.74, 6) is 0. The fourth-order valence-corrected chi connectivity index (χ4v) is 2.46. The topological polar surface area (TPSA) is 32.9 Å². The highest BCUT2D eigenvalue weighted by atomic mass is 19.4. The zero-order chi connectivity index (χ0) is 15.6. The zero-order valence-corrected chi connectivity index (χ0v) is 11.8. The maximum Gasteiger partial charge on any atom is 0.393 e. The van der Waals surface area contributed by atoms with Crippen molar-refractivity contribution in [1.82, 2.24) is 4.98 Å². The molecule has 2 nitrogen and oxygen atoms in total. The van der Waals surface area contributed by atoms with E-state index in [-0.39, 0.29) is 5.56 Å². The number of hydrogen-bond donors (Lipinski definition) is 1. The van der Waals surface area contributed by atoms with Crippen LogP contribution in [-0.4, -0.2) is 11.2 Å². The lowest BCUT2D eigenvalue weighted by molar-refractivity contribution is -0.127. The first kappa shape index (κ1) is 15.4. The second kappa shape index (κ2) is 5.76. The molecule has 0 saturated heterocycles. The summed E-state index contributed by atoms with van der Waals surface area (Å²) in [6.45, 7) is 3.88. The Morgan fingerprint density at radius 3 is 2.57 bits per heavy atom. The van der Waals surface area contributed by atoms with Gasteiger partial charge in [0.2, 0.25) is 5.56 Å². The number of fused-ring (bicyclic) bond motifs is 1. The van der Waals surface area contributed by atoms with E-state index in [4.69, 9.17) is 0 Å². The first-order valence-electron chi connectivity index (χ1n) is 6.72. The molecule has 0 aliphatic heterocycles. The lowest BCUT2D eigenvalue weighted by atomic mass is 9.98. The molecule has 2 aromatic rings. The van der Waals surface area contributed by atoms with Gasteiger partial charge in [0.25, 0.3) is 0 Å². The van der Waals surface area contributed by atoms with Crippen molar-refractivity contribution < 1.29 is 13.2 Å². The van der Waals surface area contributed by atoms with Crippen LogP contribution in [-0.2, 0) is 6.42 Å². The Kier molecular flexibility index (Phi) is 4.21. The predicted octanol–water partition coefficient (Wildman–Crippen LogP) is 4.45. The first-order chi connectivity index (χ1) is 9.84. The molecule has 0 fully saturated rings. The third kappa shape index (κ3) is 3.54. The number of alkyl halides is 3. The predicted molar refractivity (Wildman–Crippen MR) is 78.3 cm³/mol. The average molecular weight is 295 g/mol. The maximum atomic E-state index is 12.7. The first-order valence-corrected chi connectivity index (χ1v) is 6.72. The second-order valence-electron chi connectivity index (χ2n) is 4.88. The Bertz CT molecular complexity index is 741. The molecule has 0 aliphatic carbocycles. The third-order valence-corrected chi connectivity index (χ3v) is 3.42. The molecule has 5 heteroatoms. The average Bonchev–Trinajstić information content (AvgIpc) is 2.38. The number of aromatic amines is 1. The van der Waals surface area contributed by atoms with Gasteiger partial charge in [-0.05, 0) is 42.2 Å². The van der Waals surface area contributed by atoms with E-state index >= 15 is 0 Å². The maximum absolute atomic E-state index is 12.7. The minimum atomic E-state index is -4.34. The van der Waals surface area contributed by atoms with Crippen LogP contribution in [0, 0.1) is 0 Å². The van der Waals surface area contributed by atoms with Gasteiger partial charge in [0, 0.05) is 17.0 Å². The van der Waals surface area contributed by atoms with Crippen molar-refractivity contribution in [3.8, 4) is 0 Å². The number of benzene rings is 1. The van der Waals surface area contributed by atoms with Gasteiger partial charge in [-0.2, -0.15) is 13.2 Å². The molecule has 0 spiro atoms. The van der Waals surface area contributed by atoms with Crippen LogP contribution in [0.5, 0.6) is 0 Å². The molecule has 0 atom stereocenters. The summed E-state index contributed by atoms with van der Waals surface area (Å²) >= 11 is 0. The standard InChI is InChI=1S/C16H16F3NO/c1-3-10(4-2)11-5-6-14-13(7-11)12(8-15(21)20-14)9-16(17,18)19/h3,5-8H,4,9H2,1-2H3,(H,20,21). The van der Waals surface area contributed by atoms with E-state index in [0.29, 0.717) is 10.9 Å². The van der Waals surface area contributed by atoms with Crippen molar-refractivity contribution in [3.05, 3.63) is 51.8 Å². The van der Waals surface area contributed by atoms with E-state index in [1.54, 1.807) is 12.1 Å². The van der Waals surface area contributed by atoms with Crippen LogP contribution in [0.1, 0.15) is 31.4 Å². The summed E-state index contributed by atoms with van der Waals surface area (Å²) in [5, 5.41) is 0.442. The Labute approximate surface area is 120 Å². The Morgan fingerprint density at radius 1 is 1.29 bits per heavy atom. The minimum Gasteiger partial charge on any atom is -0.322 e. The van der Waals surface area contributed by atoms with Crippen molar-refractivity contribution in [2.24, 2.45) is 0 Å². The molecule has 0 radical (unpaired) electrons. The van der Waals surface area contributed by atoms with Crippen molar-refractivity contribution in [2.75, 3.05) is 0 Å². The van der Waals surface area contributed by atoms with Gasteiger partial charge in [-0.15, -0.1) is 0 Å². The number of aromatic nitrogens is 1. The molecule has 1 aromatic heterocycles. The lowest BCUT2D eigenvalue weighted by Gasteiger charge is -2.11. The molecule has 0 bridgehead atoms. The highest BCUT2D eigenvalue weighted by Gasteiger charge is 2.28. The Hall–Kier alpha value is -2.04. The van der Waals surface area contributed by atoms with E-state index in [0.717, 1.165) is 23.6 Å². The summed E-state index contributed by atoms with van der Waals surface area (Å²) in [4.78, 5) is 14.1. The summed E-state index contributed by atoms with van der Waals surface area (Å²) in [6, 6.07) is 6.21. The molecule has 1 heterocycles. The number of H-pyrrole nitrogens is 1. The quantitative estimate of drug-likeness (QED) is 0.891. The smallest absolute Gasteiger partial charge is 0.322 e. The molecule has 21 heavy (non-hydrogen) atoms. The molecule has 0 saturated carbocycles. The van der Waals surface area contributed by atoms with Crippen LogP contribution in [0.3, 0.4) is 0 Å². The van der Waals surface area contributed by atoms with Gasteiger partial charge >= 0.3 is 6.18 Å². The highest BCUT2D eigenvalue weighted by Crippen LogP contribution is 2.28. The molecule has 2 rings (SSSR count). The van der Waals surface area contributed by atoms with Crippen molar-refractivity contribution in [1.29, 1.82) is 0 Å². The van der Waals surface area contributed by atoms with Gasteiger partial charge in [-0.1, -0.05) is 19.1 Å². The van der Waals surface area contributed by atoms with Crippen molar-refractivity contribution in [3.63, 3.8) is 0 Å². The van der Waals surface area contributed by atoms with Crippen LogP contribution in [0.25, 0.3) is 16.5 Å². The Balaban J connectivity index is 2.66. The molecule has 0 amide bonds. The van der Waals surface area contributed by atoms with Gasteiger partial charge in [0.1, 0.15) is 0 Å². The van der Waals surface area contributed by atoms with Gasteiger partial charge in [-0.25, -0.2) is 0 Å². The fraction of sp³-hybridized carbons (Fsp3) is 0.312. The zero-order valence-electron chi connectivity index (χ0n) is 11.8. The molecule has 1 N–H and O–H groups in total. The molecule has 0 aliphatic rings. The van der Waals surface area contributed by atoms with Crippen molar-refractivity contribution >= 4 is 16.5 Å². The number of halogens is 3. The molecule has 1 aromatic carbocycles. The third-order valence-electron chi connectivity index (χ3n) is 3.42. The summed E-state index contributed by atoms with van der Waals surface area (Å²) in [6.07, 6.45) is -2.71. The minimum absolute atomic E-state index is 0.00894. The number of nitrogens with one attached hydrogen (secondary N) is 1. The largest absolute Gasteiger partial charge is 0.393 e. The second-order valence-corrected chi connectivity index (χ2v) is 4.88. The fourth-order valence-electron chi connectivity index (χ4n) is 2.46. The number of rotatable bonds is 3. The van der Waals surface area contributed by atoms with Crippen LogP contribution < -0.4 is 5.56 Å². The number of allylic oxidation sites excluding steroid dienone is 2. The van der Waals surface area contributed by atoms with Gasteiger partial charge in [0.05, 0.1) is 6.42 Å². The van der Waals surface area contributed by atoms with E-state index in [9.17, 15) is 18.0 Å². The van der Waals surface area contributed by atoms with E-state index < -0.39 is 18.2 Å². The summed E-state index contributed by atoms with van der Waals surface area (Å²) in [5.41, 5.74) is 1.85. The molecule has 112 valence electrons. The van der Waals surface area contributed by atoms with Crippen LogP contribution in [0.15, 0.2) is 35.1 Å². The van der Waals surface area contributed by atoms with E-state index in [1.807, 2.05) is 26.0 Å². The number of pyridine rings is 1. The highest BCUT2D eigenvalue weighted by molar-refractivity contribution is 5.86. The van der Waals surface area contributed by atoms with Crippen LogP contribution in [0.4, 0.5) is 13.2 Å². The monoisotopic (exact) mass is 295 g/mol. The summed E-state index contributed by atoms with van der Waals surface area (Å²) < 4.78 is 38.0. The van der Waals surface area contributed by atoms with Gasteiger partial charge in [-0.3, -0.25) is 4.79 Å².